The summed E-state index contributed by atoms with van der Waals surface area (Å²) in [6.45, 7) is 6.60. The highest BCUT2D eigenvalue weighted by molar-refractivity contribution is 7.89. The molecule has 3 rings (SSSR count). The van der Waals surface area contributed by atoms with Gasteiger partial charge >= 0.3 is 0 Å². The zero-order chi connectivity index (χ0) is 24.3. The third-order valence-electron chi connectivity index (χ3n) is 5.38. The van der Waals surface area contributed by atoms with Gasteiger partial charge in [-0.2, -0.15) is 4.31 Å². The number of H-pyrrole nitrogens is 1. The van der Waals surface area contributed by atoms with Crippen molar-refractivity contribution in [3.63, 3.8) is 0 Å². The first-order valence-electron chi connectivity index (χ1n) is 10.8. The van der Waals surface area contributed by atoms with Crippen LogP contribution in [0, 0.1) is 0 Å². The molecule has 0 spiro atoms. The molecule has 0 saturated carbocycles. The molecule has 0 aliphatic carbocycles. The van der Waals surface area contributed by atoms with Gasteiger partial charge in [-0.05, 0) is 30.7 Å². The molecule has 1 amide bonds. The van der Waals surface area contributed by atoms with E-state index >= 15 is 0 Å². The van der Waals surface area contributed by atoms with Crippen molar-refractivity contribution in [1.29, 1.82) is 0 Å². The number of aromatic amines is 1. The fourth-order valence-electron chi connectivity index (χ4n) is 3.70. The number of hydrogen-bond acceptors (Lipinski definition) is 5. The molecule has 3 aromatic rings. The van der Waals surface area contributed by atoms with E-state index in [2.05, 4.69) is 9.97 Å². The van der Waals surface area contributed by atoms with Gasteiger partial charge in [-0.15, -0.1) is 0 Å². The number of aromatic nitrogens is 3. The molecule has 33 heavy (non-hydrogen) atoms. The van der Waals surface area contributed by atoms with Crippen molar-refractivity contribution in [1.82, 2.24) is 23.7 Å². The Morgan fingerprint density at radius 2 is 1.88 bits per heavy atom. The lowest BCUT2D eigenvalue weighted by molar-refractivity contribution is 0.0729. The average molecular weight is 494 g/mol. The van der Waals surface area contributed by atoms with E-state index in [1.165, 1.54) is 26.0 Å². The number of halogens is 1. The molecule has 0 aliphatic rings. The fourth-order valence-corrected chi connectivity index (χ4v) is 5.40. The van der Waals surface area contributed by atoms with E-state index < -0.39 is 10.0 Å². The zero-order valence-electron chi connectivity index (χ0n) is 19.1. The molecule has 178 valence electrons. The van der Waals surface area contributed by atoms with Crippen LogP contribution in [0.4, 0.5) is 0 Å². The predicted octanol–water partition coefficient (Wildman–Crippen LogP) is 3.00. The Bertz CT molecular complexity index is 1330. The maximum atomic E-state index is 13.4. The van der Waals surface area contributed by atoms with E-state index in [9.17, 15) is 18.0 Å². The van der Waals surface area contributed by atoms with Crippen molar-refractivity contribution in [2.24, 2.45) is 7.05 Å². The van der Waals surface area contributed by atoms with Crippen molar-refractivity contribution >= 4 is 38.4 Å². The summed E-state index contributed by atoms with van der Waals surface area (Å²) in [5, 5.41) is 0.865. The largest absolute Gasteiger partial charge is 0.345 e. The van der Waals surface area contributed by atoms with Crippen molar-refractivity contribution in [3.05, 3.63) is 57.4 Å². The standard InChI is InChI=1S/C22H28ClN5O4S/c1-5-10-27(14-20-24-18-11-15(23)8-9-17(18)21(29)25-20)22(30)19-12-16(13-26(19)4)33(31,32)28(6-2)7-3/h8-9,11-13H,5-7,10,14H2,1-4H3,(H,24,25,29). The molecule has 0 saturated heterocycles. The first-order chi connectivity index (χ1) is 15.6. The Morgan fingerprint density at radius 3 is 2.52 bits per heavy atom. The quantitative estimate of drug-likeness (QED) is 0.493. The van der Waals surface area contributed by atoms with Crippen LogP contribution < -0.4 is 5.56 Å². The third kappa shape index (κ3) is 5.13. The molecule has 1 N–H and O–H groups in total. The van der Waals surface area contributed by atoms with E-state index in [1.807, 2.05) is 6.92 Å². The van der Waals surface area contributed by atoms with Crippen LogP contribution in [0.2, 0.25) is 5.02 Å². The number of nitrogens with one attached hydrogen (secondary N) is 1. The summed E-state index contributed by atoms with van der Waals surface area (Å²) in [4.78, 5) is 34.6. The van der Waals surface area contributed by atoms with Gasteiger partial charge in [0, 0.05) is 37.9 Å². The van der Waals surface area contributed by atoms with Crippen LogP contribution in [0.15, 0.2) is 40.2 Å². The van der Waals surface area contributed by atoms with E-state index in [4.69, 9.17) is 11.6 Å². The third-order valence-corrected chi connectivity index (χ3v) is 7.63. The summed E-state index contributed by atoms with van der Waals surface area (Å²) in [6, 6.07) is 6.22. The van der Waals surface area contributed by atoms with Gasteiger partial charge in [-0.3, -0.25) is 9.59 Å². The summed E-state index contributed by atoms with van der Waals surface area (Å²) in [5.74, 6) is -0.0315. The van der Waals surface area contributed by atoms with Crippen molar-refractivity contribution in [2.45, 2.75) is 38.6 Å². The van der Waals surface area contributed by atoms with Crippen LogP contribution in [0.5, 0.6) is 0 Å². The topological polar surface area (TPSA) is 108 Å². The summed E-state index contributed by atoms with van der Waals surface area (Å²) in [7, 11) is -2.06. The van der Waals surface area contributed by atoms with Crippen LogP contribution in [-0.4, -0.2) is 57.7 Å². The number of amides is 1. The Morgan fingerprint density at radius 1 is 1.18 bits per heavy atom. The average Bonchev–Trinajstić information content (AvgIpc) is 3.15. The van der Waals surface area contributed by atoms with E-state index in [0.717, 1.165) is 0 Å². The molecule has 9 nitrogen and oxygen atoms in total. The van der Waals surface area contributed by atoms with Gasteiger partial charge in [0.2, 0.25) is 10.0 Å². The molecule has 0 aliphatic heterocycles. The second-order valence-corrected chi connectivity index (χ2v) is 10.0. The fraction of sp³-hybridized carbons (Fsp3) is 0.409. The van der Waals surface area contributed by atoms with Crippen LogP contribution in [0.1, 0.15) is 43.5 Å². The number of rotatable bonds is 9. The van der Waals surface area contributed by atoms with Gasteiger partial charge in [0.1, 0.15) is 16.4 Å². The highest BCUT2D eigenvalue weighted by Gasteiger charge is 2.27. The van der Waals surface area contributed by atoms with E-state index in [0.29, 0.717) is 47.8 Å². The molecule has 0 radical (unpaired) electrons. The number of aryl methyl sites for hydroxylation is 1. The van der Waals surface area contributed by atoms with Crippen LogP contribution >= 0.6 is 11.6 Å². The molecular formula is C22H28ClN5O4S. The molecule has 0 unspecified atom stereocenters. The van der Waals surface area contributed by atoms with Gasteiger partial charge in [0.25, 0.3) is 11.5 Å². The minimum Gasteiger partial charge on any atom is -0.345 e. The number of carbonyl (C=O) groups is 1. The molecule has 1 aromatic carbocycles. The first kappa shape index (κ1) is 24.9. The smallest absolute Gasteiger partial charge is 0.270 e. The van der Waals surface area contributed by atoms with Gasteiger partial charge in [0.05, 0.1) is 17.4 Å². The second kappa shape index (κ2) is 10.1. The summed E-state index contributed by atoms with van der Waals surface area (Å²) in [5.41, 5.74) is 0.360. The van der Waals surface area contributed by atoms with Gasteiger partial charge < -0.3 is 14.5 Å². The maximum Gasteiger partial charge on any atom is 0.270 e. The summed E-state index contributed by atoms with van der Waals surface area (Å²) >= 11 is 6.04. The van der Waals surface area contributed by atoms with Crippen molar-refractivity contribution < 1.29 is 13.2 Å². The molecule has 11 heteroatoms. The van der Waals surface area contributed by atoms with Crippen molar-refractivity contribution in [2.75, 3.05) is 19.6 Å². The highest BCUT2D eigenvalue weighted by atomic mass is 35.5. The number of carbonyl (C=O) groups excluding carboxylic acids is 1. The lowest BCUT2D eigenvalue weighted by atomic mass is 10.2. The van der Waals surface area contributed by atoms with Gasteiger partial charge in [0.15, 0.2) is 0 Å². The van der Waals surface area contributed by atoms with Gasteiger partial charge in [-0.1, -0.05) is 32.4 Å². The maximum absolute atomic E-state index is 13.4. The monoisotopic (exact) mass is 493 g/mol. The molecule has 0 fully saturated rings. The first-order valence-corrected chi connectivity index (χ1v) is 12.6. The predicted molar refractivity (Wildman–Crippen MR) is 128 cm³/mol. The Hall–Kier alpha value is -2.69. The number of hydrogen-bond donors (Lipinski definition) is 1. The van der Waals surface area contributed by atoms with Crippen LogP contribution in [0.3, 0.4) is 0 Å². The second-order valence-electron chi connectivity index (χ2n) is 7.66. The minimum absolute atomic E-state index is 0.0632. The molecule has 0 bridgehead atoms. The van der Waals surface area contributed by atoms with E-state index in [1.54, 1.807) is 39.1 Å². The van der Waals surface area contributed by atoms with Crippen LogP contribution in [0.25, 0.3) is 10.9 Å². The Balaban J connectivity index is 1.95. The lowest BCUT2D eigenvalue weighted by Crippen LogP contribution is -2.34. The summed E-state index contributed by atoms with van der Waals surface area (Å²) in [6.07, 6.45) is 2.12. The zero-order valence-corrected chi connectivity index (χ0v) is 20.7. The molecule has 2 aromatic heterocycles. The SMILES string of the molecule is CCCN(Cc1nc2cc(Cl)ccc2c(=O)[nH]1)C(=O)c1cc(S(=O)(=O)N(CC)CC)cn1C. The molecule has 0 atom stereocenters. The number of fused-ring (bicyclic) bond motifs is 1. The van der Waals surface area contributed by atoms with Crippen LogP contribution in [-0.2, 0) is 23.6 Å². The molecular weight excluding hydrogens is 466 g/mol. The minimum atomic E-state index is -3.70. The highest BCUT2D eigenvalue weighted by Crippen LogP contribution is 2.20. The summed E-state index contributed by atoms with van der Waals surface area (Å²) < 4.78 is 28.6. The van der Waals surface area contributed by atoms with Gasteiger partial charge in [-0.25, -0.2) is 13.4 Å². The van der Waals surface area contributed by atoms with Crippen molar-refractivity contribution in [3.8, 4) is 0 Å². The van der Waals surface area contributed by atoms with E-state index in [-0.39, 0.29) is 28.6 Å². The number of nitrogens with zero attached hydrogens (tertiary/aromatic N) is 4. The lowest BCUT2D eigenvalue weighted by Gasteiger charge is -2.22. The Kier molecular flexibility index (Phi) is 7.61. The number of sulfonamides is 1. The Labute approximate surface area is 198 Å². The molecule has 2 heterocycles. The number of benzene rings is 1. The normalized spacial score (nSPS) is 11.9.